The third kappa shape index (κ3) is 4.69. The fourth-order valence-electron chi connectivity index (χ4n) is 1.94. The van der Waals surface area contributed by atoms with Gasteiger partial charge in [0.2, 0.25) is 5.91 Å². The number of benzene rings is 2. The zero-order chi connectivity index (χ0) is 17.5. The molecular formula is C17H13N3O3S. The number of amides is 1. The predicted octanol–water partition coefficient (Wildman–Crippen LogP) is 4.21. The first kappa shape index (κ1) is 17.2. The summed E-state index contributed by atoms with van der Waals surface area (Å²) in [5, 5.41) is 22.5. The van der Waals surface area contributed by atoms with Gasteiger partial charge >= 0.3 is 0 Å². The summed E-state index contributed by atoms with van der Waals surface area (Å²) in [5.74, 6) is -0.155. The SMILES string of the molecule is CC(=O)Nc1ccc(S/C(=C\C#N)c2cccc([N+](=O)[O-])c2)cc1. The van der Waals surface area contributed by atoms with Gasteiger partial charge in [-0.3, -0.25) is 14.9 Å². The number of carbonyl (C=O) groups is 1. The number of allylic oxidation sites excluding steroid dienone is 1. The van der Waals surface area contributed by atoms with Crippen LogP contribution in [0.25, 0.3) is 4.91 Å². The molecule has 0 radical (unpaired) electrons. The Kier molecular flexibility index (Phi) is 5.71. The second-order valence-electron chi connectivity index (χ2n) is 4.75. The Morgan fingerprint density at radius 1 is 1.29 bits per heavy atom. The van der Waals surface area contributed by atoms with Crippen LogP contribution < -0.4 is 5.32 Å². The summed E-state index contributed by atoms with van der Waals surface area (Å²) in [6, 6.07) is 15.2. The first-order valence-electron chi connectivity index (χ1n) is 6.89. The Morgan fingerprint density at radius 3 is 2.58 bits per heavy atom. The highest BCUT2D eigenvalue weighted by atomic mass is 32.2. The van der Waals surface area contributed by atoms with E-state index < -0.39 is 4.92 Å². The number of nitro benzene ring substituents is 1. The van der Waals surface area contributed by atoms with Gasteiger partial charge in [-0.1, -0.05) is 23.9 Å². The highest BCUT2D eigenvalue weighted by molar-refractivity contribution is 8.08. The van der Waals surface area contributed by atoms with E-state index in [2.05, 4.69) is 5.32 Å². The molecule has 0 fully saturated rings. The van der Waals surface area contributed by atoms with E-state index in [0.29, 0.717) is 16.2 Å². The third-order valence-corrected chi connectivity index (χ3v) is 4.02. The summed E-state index contributed by atoms with van der Waals surface area (Å²) < 4.78 is 0. The Labute approximate surface area is 143 Å². The number of hydrogen-bond acceptors (Lipinski definition) is 5. The molecule has 24 heavy (non-hydrogen) atoms. The van der Waals surface area contributed by atoms with Gasteiger partial charge in [-0.05, 0) is 29.8 Å². The van der Waals surface area contributed by atoms with Crippen molar-refractivity contribution >= 4 is 33.9 Å². The van der Waals surface area contributed by atoms with Crippen LogP contribution in [0.15, 0.2) is 59.5 Å². The van der Waals surface area contributed by atoms with E-state index in [4.69, 9.17) is 5.26 Å². The standard InChI is InChI=1S/C17H13N3O3S/c1-12(21)19-14-5-7-16(8-6-14)24-17(9-10-18)13-3-2-4-15(11-13)20(22)23/h2-9,11H,1H3,(H,19,21)/b17-9-. The van der Waals surface area contributed by atoms with Crippen molar-refractivity contribution in [3.05, 3.63) is 70.3 Å². The van der Waals surface area contributed by atoms with E-state index in [1.165, 1.54) is 36.9 Å². The van der Waals surface area contributed by atoms with Crippen LogP contribution in [-0.4, -0.2) is 10.8 Å². The first-order valence-corrected chi connectivity index (χ1v) is 7.71. The van der Waals surface area contributed by atoms with Crippen molar-refractivity contribution in [3.8, 4) is 6.07 Å². The van der Waals surface area contributed by atoms with Gasteiger partial charge in [0.1, 0.15) is 0 Å². The van der Waals surface area contributed by atoms with Crippen LogP contribution in [0.4, 0.5) is 11.4 Å². The van der Waals surface area contributed by atoms with E-state index in [-0.39, 0.29) is 11.6 Å². The maximum absolute atomic E-state index is 11.0. The van der Waals surface area contributed by atoms with Crippen LogP contribution in [0.3, 0.4) is 0 Å². The molecule has 0 unspecified atom stereocenters. The van der Waals surface area contributed by atoms with Gasteiger partial charge in [0.15, 0.2) is 0 Å². The van der Waals surface area contributed by atoms with Gasteiger partial charge in [0, 0.05) is 40.6 Å². The van der Waals surface area contributed by atoms with Crippen LogP contribution in [0.2, 0.25) is 0 Å². The number of nitrogens with one attached hydrogen (secondary N) is 1. The normalized spacial score (nSPS) is 10.8. The van der Waals surface area contributed by atoms with Crippen LogP contribution in [0.1, 0.15) is 12.5 Å². The third-order valence-electron chi connectivity index (χ3n) is 2.94. The van der Waals surface area contributed by atoms with Crippen LogP contribution >= 0.6 is 11.8 Å². The van der Waals surface area contributed by atoms with Crippen molar-refractivity contribution in [1.82, 2.24) is 0 Å². The Hall–Kier alpha value is -3.11. The van der Waals surface area contributed by atoms with E-state index in [0.717, 1.165) is 4.90 Å². The summed E-state index contributed by atoms with van der Waals surface area (Å²) in [6.45, 7) is 1.43. The number of nitrogens with zero attached hydrogens (tertiary/aromatic N) is 2. The molecule has 2 rings (SSSR count). The number of nitriles is 1. The molecule has 0 saturated carbocycles. The summed E-state index contributed by atoms with van der Waals surface area (Å²) in [7, 11) is 0. The van der Waals surface area contributed by atoms with Crippen LogP contribution in [0, 0.1) is 21.4 Å². The summed E-state index contributed by atoms with van der Waals surface area (Å²) in [6.07, 6.45) is 1.35. The lowest BCUT2D eigenvalue weighted by molar-refractivity contribution is -0.384. The molecule has 0 aromatic heterocycles. The minimum Gasteiger partial charge on any atom is -0.326 e. The molecule has 0 saturated heterocycles. The first-order chi connectivity index (χ1) is 11.5. The van der Waals surface area contributed by atoms with E-state index in [9.17, 15) is 14.9 Å². The van der Waals surface area contributed by atoms with Crippen molar-refractivity contribution in [2.75, 3.05) is 5.32 Å². The molecule has 0 spiro atoms. The number of thioether (sulfide) groups is 1. The molecule has 0 aliphatic carbocycles. The van der Waals surface area contributed by atoms with Gasteiger partial charge in [-0.15, -0.1) is 0 Å². The van der Waals surface area contributed by atoms with E-state index in [1.807, 2.05) is 6.07 Å². The molecule has 0 bridgehead atoms. The summed E-state index contributed by atoms with van der Waals surface area (Å²) in [5.41, 5.74) is 1.24. The number of non-ortho nitro benzene ring substituents is 1. The van der Waals surface area contributed by atoms with Gasteiger partial charge in [-0.25, -0.2) is 0 Å². The molecular weight excluding hydrogens is 326 g/mol. The smallest absolute Gasteiger partial charge is 0.270 e. The van der Waals surface area contributed by atoms with Crippen molar-refractivity contribution in [1.29, 1.82) is 5.26 Å². The molecule has 6 nitrogen and oxygen atoms in total. The summed E-state index contributed by atoms with van der Waals surface area (Å²) >= 11 is 1.32. The molecule has 120 valence electrons. The van der Waals surface area contributed by atoms with E-state index >= 15 is 0 Å². The number of rotatable bonds is 5. The maximum atomic E-state index is 11.0. The highest BCUT2D eigenvalue weighted by Gasteiger charge is 2.10. The average molecular weight is 339 g/mol. The van der Waals surface area contributed by atoms with Crippen LogP contribution in [0.5, 0.6) is 0 Å². The van der Waals surface area contributed by atoms with Gasteiger partial charge in [0.25, 0.3) is 5.69 Å². The molecule has 0 aliphatic rings. The maximum Gasteiger partial charge on any atom is 0.270 e. The minimum absolute atomic E-state index is 0.0297. The molecule has 0 aliphatic heterocycles. The topological polar surface area (TPSA) is 96.0 Å². The number of hydrogen-bond donors (Lipinski definition) is 1. The lowest BCUT2D eigenvalue weighted by Crippen LogP contribution is -2.05. The molecule has 2 aromatic rings. The van der Waals surface area contributed by atoms with Gasteiger partial charge < -0.3 is 5.32 Å². The van der Waals surface area contributed by atoms with Crippen LogP contribution in [-0.2, 0) is 4.79 Å². The second-order valence-corrected chi connectivity index (χ2v) is 5.87. The summed E-state index contributed by atoms with van der Waals surface area (Å²) in [4.78, 5) is 22.9. The number of nitro groups is 1. The molecule has 1 N–H and O–H groups in total. The molecule has 0 heterocycles. The average Bonchev–Trinajstić information content (AvgIpc) is 2.56. The largest absolute Gasteiger partial charge is 0.326 e. The Bertz CT molecular complexity index is 839. The lowest BCUT2D eigenvalue weighted by atomic mass is 10.2. The predicted molar refractivity (Wildman–Crippen MR) is 93.3 cm³/mol. The fourth-order valence-corrected chi connectivity index (χ4v) is 2.82. The zero-order valence-corrected chi connectivity index (χ0v) is 13.5. The monoisotopic (exact) mass is 339 g/mol. The Balaban J connectivity index is 2.25. The quantitative estimate of drug-likeness (QED) is 0.381. The molecule has 7 heteroatoms. The zero-order valence-electron chi connectivity index (χ0n) is 12.7. The van der Waals surface area contributed by atoms with Crippen molar-refractivity contribution < 1.29 is 9.72 Å². The lowest BCUT2D eigenvalue weighted by Gasteiger charge is -2.08. The molecule has 1 amide bonds. The van der Waals surface area contributed by atoms with Gasteiger partial charge in [-0.2, -0.15) is 5.26 Å². The van der Waals surface area contributed by atoms with Crippen molar-refractivity contribution in [3.63, 3.8) is 0 Å². The van der Waals surface area contributed by atoms with Gasteiger partial charge in [0.05, 0.1) is 11.0 Å². The fraction of sp³-hybridized carbons (Fsp3) is 0.0588. The molecule has 2 aromatic carbocycles. The second kappa shape index (κ2) is 7.94. The highest BCUT2D eigenvalue weighted by Crippen LogP contribution is 2.35. The van der Waals surface area contributed by atoms with E-state index in [1.54, 1.807) is 36.4 Å². The number of carbonyl (C=O) groups excluding carboxylic acids is 1. The Morgan fingerprint density at radius 2 is 2.00 bits per heavy atom. The van der Waals surface area contributed by atoms with Crippen molar-refractivity contribution in [2.24, 2.45) is 0 Å². The van der Waals surface area contributed by atoms with Crippen molar-refractivity contribution in [2.45, 2.75) is 11.8 Å². The molecule has 0 atom stereocenters. The number of anilines is 1. The minimum atomic E-state index is -0.472.